The number of nitrogens with two attached hydrogens (primary N) is 1. The molecule has 3 N–H and O–H groups in total. The van der Waals surface area contributed by atoms with Crippen LogP contribution in [0.1, 0.15) is 43.9 Å². The third kappa shape index (κ3) is 2.32. The van der Waals surface area contributed by atoms with E-state index in [1.165, 1.54) is 11.1 Å². The lowest BCUT2D eigenvalue weighted by Crippen LogP contribution is -2.54. The van der Waals surface area contributed by atoms with Gasteiger partial charge in [0.25, 0.3) is 0 Å². The third-order valence-corrected chi connectivity index (χ3v) is 4.87. The molecule has 0 amide bonds. The molecule has 4 nitrogen and oxygen atoms in total. The van der Waals surface area contributed by atoms with Crippen molar-refractivity contribution in [3.8, 4) is 5.75 Å². The first kappa shape index (κ1) is 15.3. The van der Waals surface area contributed by atoms with Crippen molar-refractivity contribution < 1.29 is 4.74 Å². The Kier molecular flexibility index (Phi) is 4.68. The average molecular weight is 277 g/mol. The van der Waals surface area contributed by atoms with Gasteiger partial charge in [0.05, 0.1) is 12.6 Å². The fourth-order valence-electron chi connectivity index (χ4n) is 3.55. The van der Waals surface area contributed by atoms with Crippen LogP contribution >= 0.6 is 0 Å². The van der Waals surface area contributed by atoms with E-state index in [0.29, 0.717) is 0 Å². The van der Waals surface area contributed by atoms with Gasteiger partial charge in [-0.25, -0.2) is 0 Å². The summed E-state index contributed by atoms with van der Waals surface area (Å²) < 4.78 is 5.86. The Morgan fingerprint density at radius 3 is 2.60 bits per heavy atom. The van der Waals surface area contributed by atoms with Crippen LogP contribution in [0.4, 0.5) is 0 Å². The van der Waals surface area contributed by atoms with Crippen molar-refractivity contribution >= 4 is 0 Å². The zero-order chi connectivity index (χ0) is 14.8. The van der Waals surface area contributed by atoms with Crippen molar-refractivity contribution in [1.29, 1.82) is 0 Å². The van der Waals surface area contributed by atoms with E-state index >= 15 is 0 Å². The van der Waals surface area contributed by atoms with Crippen LogP contribution in [-0.4, -0.2) is 31.1 Å². The minimum Gasteiger partial charge on any atom is -0.493 e. The number of fused-ring (bicyclic) bond motifs is 1. The minimum atomic E-state index is -0.0180. The highest BCUT2D eigenvalue weighted by molar-refractivity contribution is 5.46. The predicted molar refractivity (Wildman–Crippen MR) is 82.7 cm³/mol. The van der Waals surface area contributed by atoms with E-state index in [2.05, 4.69) is 56.5 Å². The Hall–Kier alpha value is -1.10. The molecule has 2 rings (SSSR count). The first-order valence-corrected chi connectivity index (χ1v) is 7.48. The molecule has 0 fully saturated rings. The number of hydrogen-bond acceptors (Lipinski definition) is 4. The van der Waals surface area contributed by atoms with Crippen molar-refractivity contribution in [3.05, 3.63) is 29.3 Å². The van der Waals surface area contributed by atoms with Crippen LogP contribution in [0, 0.1) is 0 Å². The summed E-state index contributed by atoms with van der Waals surface area (Å²) in [7, 11) is 4.25. The molecule has 0 bridgehead atoms. The molecule has 0 aromatic heterocycles. The lowest BCUT2D eigenvalue weighted by Gasteiger charge is -2.45. The molecule has 20 heavy (non-hydrogen) atoms. The molecule has 0 saturated carbocycles. The molecular weight excluding hydrogens is 250 g/mol. The summed E-state index contributed by atoms with van der Waals surface area (Å²) in [6, 6.07) is 6.45. The van der Waals surface area contributed by atoms with Crippen molar-refractivity contribution in [2.45, 2.75) is 44.7 Å². The first-order valence-electron chi connectivity index (χ1n) is 7.48. The maximum absolute atomic E-state index is 5.94. The number of hydrogen-bond donors (Lipinski definition) is 2. The highest BCUT2D eigenvalue weighted by Crippen LogP contribution is 2.41. The number of nitrogens with one attached hydrogen (secondary N) is 1. The zero-order valence-corrected chi connectivity index (χ0v) is 13.1. The molecule has 1 aromatic rings. The van der Waals surface area contributed by atoms with E-state index in [9.17, 15) is 0 Å². The average Bonchev–Trinajstić information content (AvgIpc) is 2.93. The molecule has 1 heterocycles. The van der Waals surface area contributed by atoms with Crippen LogP contribution in [0.2, 0.25) is 0 Å². The molecule has 1 aromatic carbocycles. The Balaban J connectivity index is 2.49. The summed E-state index contributed by atoms with van der Waals surface area (Å²) in [5.74, 6) is 6.97. The second-order valence-electron chi connectivity index (χ2n) is 5.74. The Morgan fingerprint density at radius 2 is 2.05 bits per heavy atom. The summed E-state index contributed by atoms with van der Waals surface area (Å²) in [6.45, 7) is 5.21. The van der Waals surface area contributed by atoms with Crippen LogP contribution in [0.25, 0.3) is 0 Å². The van der Waals surface area contributed by atoms with E-state index < -0.39 is 0 Å². The van der Waals surface area contributed by atoms with E-state index in [1.807, 2.05) is 0 Å². The van der Waals surface area contributed by atoms with Gasteiger partial charge in [-0.3, -0.25) is 11.3 Å². The standard InChI is InChI=1S/C16H27N3O/c1-5-16(6-2,19(3)4)15(18-17)13-9-7-8-12-10-11-20-14(12)13/h7-9,15,18H,5-6,10-11,17H2,1-4H3. The predicted octanol–water partition coefficient (Wildman–Crippen LogP) is 2.25. The number of benzene rings is 1. The molecule has 112 valence electrons. The number of para-hydroxylation sites is 1. The lowest BCUT2D eigenvalue weighted by atomic mass is 9.79. The van der Waals surface area contributed by atoms with Gasteiger partial charge >= 0.3 is 0 Å². The number of rotatable bonds is 6. The molecule has 0 aliphatic carbocycles. The molecule has 0 radical (unpaired) electrons. The molecule has 1 aliphatic rings. The SMILES string of the molecule is CCC(CC)(C(NN)c1cccc2c1OCC2)N(C)C. The summed E-state index contributed by atoms with van der Waals surface area (Å²) in [5.41, 5.74) is 5.51. The summed E-state index contributed by atoms with van der Waals surface area (Å²) in [5, 5.41) is 0. The topological polar surface area (TPSA) is 50.5 Å². The third-order valence-electron chi connectivity index (χ3n) is 4.87. The van der Waals surface area contributed by atoms with Gasteiger partial charge in [-0.2, -0.15) is 0 Å². The smallest absolute Gasteiger partial charge is 0.127 e. The maximum atomic E-state index is 5.94. The van der Waals surface area contributed by atoms with Gasteiger partial charge in [0.2, 0.25) is 0 Å². The van der Waals surface area contributed by atoms with E-state index in [4.69, 9.17) is 10.6 Å². The first-order chi connectivity index (χ1) is 9.60. The van der Waals surface area contributed by atoms with Gasteiger partial charge in [-0.15, -0.1) is 0 Å². The van der Waals surface area contributed by atoms with Crippen molar-refractivity contribution in [1.82, 2.24) is 10.3 Å². The number of nitrogens with zero attached hydrogens (tertiary/aromatic N) is 1. The minimum absolute atomic E-state index is 0.0180. The van der Waals surface area contributed by atoms with Gasteiger partial charge in [0.15, 0.2) is 0 Å². The van der Waals surface area contributed by atoms with Crippen molar-refractivity contribution in [3.63, 3.8) is 0 Å². The Labute approximate surface area is 122 Å². The van der Waals surface area contributed by atoms with Gasteiger partial charge in [0.1, 0.15) is 5.75 Å². The quantitative estimate of drug-likeness (QED) is 0.618. The molecule has 4 heteroatoms. The van der Waals surface area contributed by atoms with Crippen molar-refractivity contribution in [2.75, 3.05) is 20.7 Å². The molecule has 1 unspecified atom stereocenters. The number of likely N-dealkylation sites (N-methyl/N-ethyl adjacent to an activating group) is 1. The normalized spacial score (nSPS) is 16.1. The zero-order valence-electron chi connectivity index (χ0n) is 13.1. The summed E-state index contributed by atoms with van der Waals surface area (Å²) in [6.07, 6.45) is 3.04. The van der Waals surface area contributed by atoms with E-state index in [0.717, 1.165) is 31.6 Å². The van der Waals surface area contributed by atoms with Gasteiger partial charge in [0, 0.05) is 17.5 Å². The van der Waals surface area contributed by atoms with Crippen LogP contribution in [-0.2, 0) is 6.42 Å². The van der Waals surface area contributed by atoms with Crippen LogP contribution in [0.15, 0.2) is 18.2 Å². The molecule has 1 aliphatic heterocycles. The van der Waals surface area contributed by atoms with Crippen LogP contribution in [0.3, 0.4) is 0 Å². The van der Waals surface area contributed by atoms with Crippen LogP contribution < -0.4 is 16.0 Å². The van der Waals surface area contributed by atoms with E-state index in [-0.39, 0.29) is 11.6 Å². The Bertz CT molecular complexity index is 455. The second kappa shape index (κ2) is 6.12. The highest BCUT2D eigenvalue weighted by Gasteiger charge is 2.40. The second-order valence-corrected chi connectivity index (χ2v) is 5.74. The Morgan fingerprint density at radius 1 is 1.35 bits per heavy atom. The number of hydrazine groups is 1. The van der Waals surface area contributed by atoms with Crippen molar-refractivity contribution in [2.24, 2.45) is 5.84 Å². The van der Waals surface area contributed by atoms with E-state index in [1.54, 1.807) is 0 Å². The lowest BCUT2D eigenvalue weighted by molar-refractivity contribution is 0.0869. The van der Waals surface area contributed by atoms with Gasteiger partial charge in [-0.1, -0.05) is 32.0 Å². The fourth-order valence-corrected chi connectivity index (χ4v) is 3.55. The fraction of sp³-hybridized carbons (Fsp3) is 0.625. The van der Waals surface area contributed by atoms with Crippen LogP contribution in [0.5, 0.6) is 5.75 Å². The molecule has 1 atom stereocenters. The monoisotopic (exact) mass is 277 g/mol. The summed E-state index contributed by atoms with van der Waals surface area (Å²) >= 11 is 0. The number of ether oxygens (including phenoxy) is 1. The molecule has 0 saturated heterocycles. The largest absolute Gasteiger partial charge is 0.493 e. The highest BCUT2D eigenvalue weighted by atomic mass is 16.5. The maximum Gasteiger partial charge on any atom is 0.127 e. The molecular formula is C16H27N3O. The van der Waals surface area contributed by atoms with Gasteiger partial charge in [-0.05, 0) is 32.5 Å². The summed E-state index contributed by atoms with van der Waals surface area (Å²) in [4.78, 5) is 2.28. The van der Waals surface area contributed by atoms with Gasteiger partial charge < -0.3 is 9.64 Å². The molecule has 0 spiro atoms.